The lowest BCUT2D eigenvalue weighted by molar-refractivity contribution is 0.601. The first-order valence-corrected chi connectivity index (χ1v) is 12.1. The molecule has 0 aliphatic carbocycles. The number of anilines is 1. The van der Waals surface area contributed by atoms with E-state index in [2.05, 4.69) is 4.72 Å². The first-order valence-electron chi connectivity index (χ1n) is 10.6. The molecule has 33 heavy (non-hydrogen) atoms. The molecule has 0 fully saturated rings. The van der Waals surface area contributed by atoms with Gasteiger partial charge in [0.05, 0.1) is 4.90 Å². The predicted molar refractivity (Wildman–Crippen MR) is 133 cm³/mol. The lowest BCUT2D eigenvalue weighted by Crippen LogP contribution is -2.12. The number of aryl methyl sites for hydroxylation is 1. The van der Waals surface area contributed by atoms with E-state index in [1.807, 2.05) is 49.4 Å². The minimum absolute atomic E-state index is 0.209. The summed E-state index contributed by atoms with van der Waals surface area (Å²) >= 11 is 0. The van der Waals surface area contributed by atoms with Gasteiger partial charge in [0.25, 0.3) is 10.0 Å². The van der Waals surface area contributed by atoms with Crippen LogP contribution in [0.1, 0.15) is 16.7 Å². The van der Waals surface area contributed by atoms with Crippen molar-refractivity contribution >= 4 is 21.5 Å². The lowest BCUT2D eigenvalue weighted by atomic mass is 10.0. The van der Waals surface area contributed by atoms with E-state index in [0.29, 0.717) is 17.7 Å². The van der Waals surface area contributed by atoms with Gasteiger partial charge < -0.3 is 0 Å². The molecule has 0 radical (unpaired) electrons. The maximum Gasteiger partial charge on any atom is 0.261 e. The van der Waals surface area contributed by atoms with Gasteiger partial charge in [0.15, 0.2) is 0 Å². The number of hydrogen-bond acceptors (Lipinski definition) is 2. The monoisotopic (exact) mass is 457 g/mol. The second-order valence-corrected chi connectivity index (χ2v) is 9.50. The standard InChI is InChI=1S/C28H24FNO2S/c1-21-7-18-27(19-8-21)33(31,32)30-26-16-9-22(10-17-26)11-20-28(29)25-14-12-24(13-15-25)23-5-3-2-4-6-23/h2-10,12-20,30H,11H2,1H3/b28-20-. The van der Waals surface area contributed by atoms with Gasteiger partial charge in [-0.3, -0.25) is 4.72 Å². The number of allylic oxidation sites excluding steroid dienone is 1. The highest BCUT2D eigenvalue weighted by atomic mass is 32.2. The predicted octanol–water partition coefficient (Wildman–Crippen LogP) is 7.02. The Kier molecular flexibility index (Phi) is 6.71. The van der Waals surface area contributed by atoms with E-state index in [1.54, 1.807) is 60.7 Å². The Morgan fingerprint density at radius 3 is 2.03 bits per heavy atom. The fraction of sp³-hybridized carbons (Fsp3) is 0.0714. The van der Waals surface area contributed by atoms with Crippen molar-refractivity contribution in [2.24, 2.45) is 0 Å². The summed E-state index contributed by atoms with van der Waals surface area (Å²) in [7, 11) is -3.65. The van der Waals surface area contributed by atoms with Crippen LogP contribution in [0.3, 0.4) is 0 Å². The van der Waals surface area contributed by atoms with Crippen LogP contribution in [0.2, 0.25) is 0 Å². The second kappa shape index (κ2) is 9.84. The third kappa shape index (κ3) is 5.76. The number of rotatable bonds is 7. The molecule has 1 N–H and O–H groups in total. The smallest absolute Gasteiger partial charge is 0.261 e. The van der Waals surface area contributed by atoms with Gasteiger partial charge >= 0.3 is 0 Å². The fourth-order valence-corrected chi connectivity index (χ4v) is 4.48. The van der Waals surface area contributed by atoms with E-state index in [1.165, 1.54) is 6.08 Å². The Hall–Kier alpha value is -3.70. The van der Waals surface area contributed by atoms with Gasteiger partial charge in [-0.05, 0) is 60.4 Å². The van der Waals surface area contributed by atoms with Crippen LogP contribution in [0, 0.1) is 6.92 Å². The van der Waals surface area contributed by atoms with Crippen molar-refractivity contribution < 1.29 is 12.8 Å². The molecule has 0 aliphatic rings. The van der Waals surface area contributed by atoms with Crippen molar-refractivity contribution in [2.75, 3.05) is 4.72 Å². The zero-order valence-electron chi connectivity index (χ0n) is 18.2. The van der Waals surface area contributed by atoms with Crippen LogP contribution in [-0.2, 0) is 16.4 Å². The Morgan fingerprint density at radius 1 is 0.788 bits per heavy atom. The van der Waals surface area contributed by atoms with Crippen LogP contribution in [0.5, 0.6) is 0 Å². The summed E-state index contributed by atoms with van der Waals surface area (Å²) in [5.74, 6) is -0.293. The molecule has 4 aromatic rings. The number of sulfonamides is 1. The van der Waals surface area contributed by atoms with Crippen molar-refractivity contribution in [2.45, 2.75) is 18.2 Å². The lowest BCUT2D eigenvalue weighted by Gasteiger charge is -2.09. The fourth-order valence-electron chi connectivity index (χ4n) is 3.42. The second-order valence-electron chi connectivity index (χ2n) is 7.82. The highest BCUT2D eigenvalue weighted by molar-refractivity contribution is 7.92. The average molecular weight is 458 g/mol. The highest BCUT2D eigenvalue weighted by Gasteiger charge is 2.13. The van der Waals surface area contributed by atoms with E-state index in [0.717, 1.165) is 22.3 Å². The molecule has 0 saturated heterocycles. The van der Waals surface area contributed by atoms with Gasteiger partial charge in [-0.1, -0.05) is 84.4 Å². The summed E-state index contributed by atoms with van der Waals surface area (Å²) in [5.41, 5.74) is 4.98. The summed E-state index contributed by atoms with van der Waals surface area (Å²) in [4.78, 5) is 0.209. The zero-order valence-corrected chi connectivity index (χ0v) is 19.0. The maximum absolute atomic E-state index is 14.6. The van der Waals surface area contributed by atoms with Crippen LogP contribution in [0.15, 0.2) is 114 Å². The SMILES string of the molecule is Cc1ccc(S(=O)(=O)Nc2ccc(C/C=C(\F)c3ccc(-c4ccccc4)cc3)cc2)cc1. The summed E-state index contributed by atoms with van der Waals surface area (Å²) in [6.45, 7) is 1.90. The van der Waals surface area contributed by atoms with Crippen molar-refractivity contribution in [1.29, 1.82) is 0 Å². The Bertz CT molecular complexity index is 1340. The molecule has 0 spiro atoms. The summed E-state index contributed by atoms with van der Waals surface area (Å²) in [5, 5.41) is 0. The van der Waals surface area contributed by atoms with E-state index in [9.17, 15) is 12.8 Å². The number of halogens is 1. The van der Waals surface area contributed by atoms with Gasteiger partial charge in [0, 0.05) is 11.3 Å². The Morgan fingerprint density at radius 2 is 1.39 bits per heavy atom. The molecule has 0 atom stereocenters. The van der Waals surface area contributed by atoms with Crippen molar-refractivity contribution in [3.63, 3.8) is 0 Å². The molecule has 4 aromatic carbocycles. The quantitative estimate of drug-likeness (QED) is 0.324. The molecule has 3 nitrogen and oxygen atoms in total. The zero-order chi connectivity index (χ0) is 23.3. The van der Waals surface area contributed by atoms with Gasteiger partial charge in [0.1, 0.15) is 5.83 Å². The molecule has 0 unspecified atom stereocenters. The van der Waals surface area contributed by atoms with Crippen LogP contribution in [0.25, 0.3) is 17.0 Å². The van der Waals surface area contributed by atoms with Crippen LogP contribution in [0.4, 0.5) is 10.1 Å². The molecular weight excluding hydrogens is 433 g/mol. The number of nitrogens with one attached hydrogen (secondary N) is 1. The minimum atomic E-state index is -3.65. The highest BCUT2D eigenvalue weighted by Crippen LogP contribution is 2.24. The van der Waals surface area contributed by atoms with Gasteiger partial charge in [-0.15, -0.1) is 0 Å². The largest absolute Gasteiger partial charge is 0.280 e. The molecule has 4 rings (SSSR count). The normalized spacial score (nSPS) is 11.9. The summed E-state index contributed by atoms with van der Waals surface area (Å²) in [6, 6.07) is 30.9. The molecule has 0 bridgehead atoms. The van der Waals surface area contributed by atoms with Crippen molar-refractivity contribution in [3.8, 4) is 11.1 Å². The van der Waals surface area contributed by atoms with Gasteiger partial charge in [-0.25, -0.2) is 12.8 Å². The van der Waals surface area contributed by atoms with Crippen LogP contribution < -0.4 is 4.72 Å². The van der Waals surface area contributed by atoms with E-state index in [-0.39, 0.29) is 10.7 Å². The molecule has 5 heteroatoms. The first kappa shape index (κ1) is 22.5. The van der Waals surface area contributed by atoms with Crippen LogP contribution in [-0.4, -0.2) is 8.42 Å². The first-order chi connectivity index (χ1) is 15.9. The van der Waals surface area contributed by atoms with Gasteiger partial charge in [-0.2, -0.15) is 0 Å². The third-order valence-corrected chi connectivity index (χ3v) is 6.72. The molecule has 0 aromatic heterocycles. The molecule has 0 aliphatic heterocycles. The molecule has 0 heterocycles. The summed E-state index contributed by atoms with van der Waals surface area (Å²) in [6.07, 6.45) is 1.93. The third-order valence-electron chi connectivity index (χ3n) is 5.32. The van der Waals surface area contributed by atoms with Crippen molar-refractivity contribution in [1.82, 2.24) is 0 Å². The van der Waals surface area contributed by atoms with Gasteiger partial charge in [0.2, 0.25) is 0 Å². The minimum Gasteiger partial charge on any atom is -0.280 e. The maximum atomic E-state index is 14.6. The molecule has 0 saturated carbocycles. The van der Waals surface area contributed by atoms with E-state index >= 15 is 0 Å². The topological polar surface area (TPSA) is 46.2 Å². The molecule has 0 amide bonds. The summed E-state index contributed by atoms with van der Waals surface area (Å²) < 4.78 is 42.2. The van der Waals surface area contributed by atoms with Crippen LogP contribution >= 0.6 is 0 Å². The van der Waals surface area contributed by atoms with Crippen molar-refractivity contribution in [3.05, 3.63) is 126 Å². The Balaban J connectivity index is 1.40. The molecule has 166 valence electrons. The number of benzene rings is 4. The molecular formula is C28H24FNO2S. The van der Waals surface area contributed by atoms with E-state index < -0.39 is 10.0 Å². The number of hydrogen-bond donors (Lipinski definition) is 1. The van der Waals surface area contributed by atoms with E-state index in [4.69, 9.17) is 0 Å². The average Bonchev–Trinajstić information content (AvgIpc) is 2.84. The Labute approximate surface area is 194 Å².